The van der Waals surface area contributed by atoms with Crippen molar-refractivity contribution in [2.45, 2.75) is 41.4 Å². The molecule has 0 radical (unpaired) electrons. The molecule has 0 spiro atoms. The van der Waals surface area contributed by atoms with Gasteiger partial charge in [0.1, 0.15) is 4.75 Å². The molecule has 1 saturated heterocycles. The molecule has 1 fully saturated rings. The van der Waals surface area contributed by atoms with E-state index in [9.17, 15) is 9.90 Å². The number of rotatable bonds is 6. The third-order valence-corrected chi connectivity index (χ3v) is 8.16. The van der Waals surface area contributed by atoms with Gasteiger partial charge in [-0.2, -0.15) is 0 Å². The van der Waals surface area contributed by atoms with E-state index in [0.29, 0.717) is 12.8 Å². The molecule has 2 atom stereocenters. The van der Waals surface area contributed by atoms with Crippen LogP contribution in [0.1, 0.15) is 24.8 Å². The molecule has 2 aromatic rings. The van der Waals surface area contributed by atoms with Crippen LogP contribution in [-0.4, -0.2) is 66.7 Å². The van der Waals surface area contributed by atoms with E-state index in [-0.39, 0.29) is 5.97 Å². The summed E-state index contributed by atoms with van der Waals surface area (Å²) in [7, 11) is 1.43. The Morgan fingerprint density at radius 3 is 2.55 bits per heavy atom. The summed E-state index contributed by atoms with van der Waals surface area (Å²) in [5, 5.41) is 11.0. The predicted octanol–water partition coefficient (Wildman–Crippen LogP) is 3.60. The summed E-state index contributed by atoms with van der Waals surface area (Å²) in [4.78, 5) is 18.9. The van der Waals surface area contributed by atoms with Crippen molar-refractivity contribution in [3.05, 3.63) is 60.2 Å². The van der Waals surface area contributed by atoms with Crippen molar-refractivity contribution in [3.63, 3.8) is 0 Å². The molecular formula is C25H32N2O3S. The average molecular weight is 441 g/mol. The number of fused-ring (bicyclic) bond motifs is 1. The van der Waals surface area contributed by atoms with Gasteiger partial charge in [-0.05, 0) is 56.0 Å². The third kappa shape index (κ3) is 4.92. The van der Waals surface area contributed by atoms with Crippen LogP contribution in [0.4, 0.5) is 5.69 Å². The SMILES string of the molecule is COC(=O)[C@@]1(CCCN2CCN(c3ccccc3)CC2)Sc2ccccc2CC[C@H]1O. The fourth-order valence-corrected chi connectivity index (χ4v) is 6.21. The second-order valence-electron chi connectivity index (χ2n) is 8.41. The molecule has 2 heterocycles. The summed E-state index contributed by atoms with van der Waals surface area (Å²) in [6.07, 6.45) is 2.11. The number of piperazine rings is 1. The number of methoxy groups -OCH3 is 1. The van der Waals surface area contributed by atoms with Crippen LogP contribution in [-0.2, 0) is 16.0 Å². The molecule has 5 nitrogen and oxygen atoms in total. The minimum absolute atomic E-state index is 0.310. The first kappa shape index (κ1) is 22.2. The minimum atomic E-state index is -0.937. The maximum atomic E-state index is 12.9. The van der Waals surface area contributed by atoms with E-state index in [4.69, 9.17) is 4.74 Å². The van der Waals surface area contributed by atoms with Gasteiger partial charge >= 0.3 is 5.97 Å². The molecule has 0 unspecified atom stereocenters. The van der Waals surface area contributed by atoms with Crippen LogP contribution < -0.4 is 4.90 Å². The maximum Gasteiger partial charge on any atom is 0.324 e. The zero-order valence-corrected chi connectivity index (χ0v) is 19.0. The fraction of sp³-hybridized carbons (Fsp3) is 0.480. The number of carbonyl (C=O) groups is 1. The first-order valence-corrected chi connectivity index (χ1v) is 12.0. The van der Waals surface area contributed by atoms with Crippen LogP contribution in [0.25, 0.3) is 0 Å². The summed E-state index contributed by atoms with van der Waals surface area (Å²) >= 11 is 1.50. The molecule has 31 heavy (non-hydrogen) atoms. The number of benzene rings is 2. The molecule has 4 rings (SSSR count). The molecular weight excluding hydrogens is 408 g/mol. The van der Waals surface area contributed by atoms with Crippen molar-refractivity contribution in [2.24, 2.45) is 0 Å². The lowest BCUT2D eigenvalue weighted by atomic mass is 9.91. The monoisotopic (exact) mass is 440 g/mol. The predicted molar refractivity (Wildman–Crippen MR) is 126 cm³/mol. The van der Waals surface area contributed by atoms with Gasteiger partial charge in [-0.15, -0.1) is 11.8 Å². The van der Waals surface area contributed by atoms with E-state index in [1.165, 1.54) is 30.1 Å². The van der Waals surface area contributed by atoms with E-state index in [2.05, 4.69) is 52.3 Å². The summed E-state index contributed by atoms with van der Waals surface area (Å²) < 4.78 is 4.26. The second-order valence-corrected chi connectivity index (χ2v) is 9.79. The first-order chi connectivity index (χ1) is 15.1. The summed E-state index contributed by atoms with van der Waals surface area (Å²) in [6.45, 7) is 4.97. The molecule has 1 N–H and O–H groups in total. The van der Waals surface area contributed by atoms with Gasteiger partial charge in [0.15, 0.2) is 0 Å². The highest BCUT2D eigenvalue weighted by molar-refractivity contribution is 8.01. The quantitative estimate of drug-likeness (QED) is 0.693. The second kappa shape index (κ2) is 10.1. The largest absolute Gasteiger partial charge is 0.468 e. The van der Waals surface area contributed by atoms with Crippen molar-refractivity contribution < 1.29 is 14.6 Å². The number of aryl methyl sites for hydroxylation is 1. The molecule has 6 heteroatoms. The van der Waals surface area contributed by atoms with E-state index in [1.54, 1.807) is 0 Å². The van der Waals surface area contributed by atoms with Gasteiger partial charge in [0, 0.05) is 36.8 Å². The fourth-order valence-electron chi connectivity index (χ4n) is 4.70. The van der Waals surface area contributed by atoms with Gasteiger partial charge < -0.3 is 14.7 Å². The third-order valence-electron chi connectivity index (χ3n) is 6.54. The van der Waals surface area contributed by atoms with Gasteiger partial charge in [-0.1, -0.05) is 36.4 Å². The molecule has 166 valence electrons. The number of ether oxygens (including phenoxy) is 1. The van der Waals surface area contributed by atoms with Crippen LogP contribution in [0.5, 0.6) is 0 Å². The van der Waals surface area contributed by atoms with Gasteiger partial charge in [0.2, 0.25) is 0 Å². The number of hydrogen-bond donors (Lipinski definition) is 1. The molecule has 2 aliphatic rings. The number of thioether (sulfide) groups is 1. The number of aliphatic hydroxyl groups excluding tert-OH is 1. The van der Waals surface area contributed by atoms with Gasteiger partial charge in [-0.3, -0.25) is 9.69 Å². The Kier molecular flexibility index (Phi) is 7.20. The smallest absolute Gasteiger partial charge is 0.324 e. The van der Waals surface area contributed by atoms with Gasteiger partial charge in [0.25, 0.3) is 0 Å². The zero-order valence-electron chi connectivity index (χ0n) is 18.2. The molecule has 2 aromatic carbocycles. The van der Waals surface area contributed by atoms with Crippen molar-refractivity contribution >= 4 is 23.4 Å². The van der Waals surface area contributed by atoms with E-state index in [0.717, 1.165) is 50.5 Å². The van der Waals surface area contributed by atoms with Crippen molar-refractivity contribution in [1.29, 1.82) is 0 Å². The summed E-state index contributed by atoms with van der Waals surface area (Å²) in [5.41, 5.74) is 2.48. The summed E-state index contributed by atoms with van der Waals surface area (Å²) in [6, 6.07) is 18.7. The van der Waals surface area contributed by atoms with Crippen molar-refractivity contribution in [1.82, 2.24) is 4.90 Å². The van der Waals surface area contributed by atoms with E-state index in [1.807, 2.05) is 12.1 Å². The average Bonchev–Trinajstić information content (AvgIpc) is 2.97. The lowest BCUT2D eigenvalue weighted by Crippen LogP contribution is -2.49. The van der Waals surface area contributed by atoms with E-state index < -0.39 is 10.9 Å². The highest BCUT2D eigenvalue weighted by atomic mass is 32.2. The standard InChI is InChI=1S/C25H32N2O3S/c1-30-24(29)25(23(28)13-12-20-8-5-6-11-22(20)31-25)14-7-15-26-16-18-27(19-17-26)21-9-3-2-4-10-21/h2-6,8-11,23,28H,7,12-19H2,1H3/t23-,25+/m1/s1. The Labute approximate surface area is 189 Å². The topological polar surface area (TPSA) is 53.0 Å². The maximum absolute atomic E-state index is 12.9. The zero-order chi connectivity index (χ0) is 21.7. The number of aliphatic hydroxyl groups is 1. The number of esters is 1. The van der Waals surface area contributed by atoms with Crippen molar-refractivity contribution in [3.8, 4) is 0 Å². The van der Waals surface area contributed by atoms with Gasteiger partial charge in [-0.25, -0.2) is 0 Å². The van der Waals surface area contributed by atoms with Crippen LogP contribution in [0.2, 0.25) is 0 Å². The Hall–Kier alpha value is -2.02. The molecule has 0 amide bonds. The lowest BCUT2D eigenvalue weighted by molar-refractivity contribution is -0.147. The molecule has 2 aliphatic heterocycles. The Bertz CT molecular complexity index is 870. The Morgan fingerprint density at radius 1 is 1.10 bits per heavy atom. The molecule has 0 saturated carbocycles. The number of hydrogen-bond acceptors (Lipinski definition) is 6. The minimum Gasteiger partial charge on any atom is -0.468 e. The molecule has 0 aliphatic carbocycles. The number of anilines is 1. The van der Waals surface area contributed by atoms with Crippen LogP contribution >= 0.6 is 11.8 Å². The molecule has 0 aromatic heterocycles. The normalized spacial score (nSPS) is 24.3. The lowest BCUT2D eigenvalue weighted by Gasteiger charge is -2.37. The highest BCUT2D eigenvalue weighted by Gasteiger charge is 2.48. The number of carbonyl (C=O) groups excluding carboxylic acids is 1. The number of nitrogens with zero attached hydrogens (tertiary/aromatic N) is 2. The van der Waals surface area contributed by atoms with Gasteiger partial charge in [0.05, 0.1) is 13.2 Å². The van der Waals surface area contributed by atoms with Crippen LogP contribution in [0, 0.1) is 0 Å². The Morgan fingerprint density at radius 2 is 1.81 bits per heavy atom. The summed E-state index contributed by atoms with van der Waals surface area (Å²) in [5.74, 6) is -0.310. The van der Waals surface area contributed by atoms with Crippen LogP contribution in [0.15, 0.2) is 59.5 Å². The Balaban J connectivity index is 1.38. The van der Waals surface area contributed by atoms with E-state index >= 15 is 0 Å². The van der Waals surface area contributed by atoms with Crippen molar-refractivity contribution in [2.75, 3.05) is 44.7 Å². The molecule has 0 bridgehead atoms. The first-order valence-electron chi connectivity index (χ1n) is 11.2. The highest BCUT2D eigenvalue weighted by Crippen LogP contribution is 2.45. The number of para-hydroxylation sites is 1. The van der Waals surface area contributed by atoms with Crippen LogP contribution in [0.3, 0.4) is 0 Å².